The van der Waals surface area contributed by atoms with E-state index in [1.807, 2.05) is 36.4 Å². The number of carbonyl (C=O) groups is 1. The van der Waals surface area contributed by atoms with Gasteiger partial charge in [0, 0.05) is 36.0 Å². The third-order valence-electron chi connectivity index (χ3n) is 6.02. The Hall–Kier alpha value is -3.49. The third kappa shape index (κ3) is 6.26. The quantitative estimate of drug-likeness (QED) is 0.237. The van der Waals surface area contributed by atoms with E-state index in [0.717, 1.165) is 15.6 Å². The smallest absolute Gasteiger partial charge is 0.252 e. The van der Waals surface area contributed by atoms with E-state index in [1.165, 1.54) is 12.1 Å². The van der Waals surface area contributed by atoms with Crippen LogP contribution in [0.15, 0.2) is 94.9 Å². The average Bonchev–Trinajstić information content (AvgIpc) is 3.30. The normalized spacial score (nSPS) is 18.6. The summed E-state index contributed by atoms with van der Waals surface area (Å²) in [6, 6.07) is 20.8. The summed E-state index contributed by atoms with van der Waals surface area (Å²) in [5.41, 5.74) is 0.975. The van der Waals surface area contributed by atoms with Crippen LogP contribution in [-0.4, -0.2) is 35.7 Å². The predicted octanol–water partition coefficient (Wildman–Crippen LogP) is 5.50. The summed E-state index contributed by atoms with van der Waals surface area (Å²) in [4.78, 5) is 18.6. The van der Waals surface area contributed by atoms with Gasteiger partial charge >= 0.3 is 0 Å². The number of aliphatic hydroxyl groups excluding tert-OH is 1. The van der Waals surface area contributed by atoms with Gasteiger partial charge in [0.25, 0.3) is 5.91 Å². The van der Waals surface area contributed by atoms with E-state index in [1.54, 1.807) is 30.3 Å². The second-order valence-corrected chi connectivity index (χ2v) is 9.56. The first-order chi connectivity index (χ1) is 17.9. The largest absolute Gasteiger partial charge is 0.494 e. The molecular weight excluding hydrogens is 539 g/mol. The van der Waals surface area contributed by atoms with Gasteiger partial charge in [0.1, 0.15) is 11.6 Å². The van der Waals surface area contributed by atoms with Gasteiger partial charge < -0.3 is 19.9 Å². The lowest BCUT2D eigenvalue weighted by Crippen LogP contribution is -2.47. The maximum atomic E-state index is 13.8. The Morgan fingerprint density at radius 2 is 1.84 bits per heavy atom. The van der Waals surface area contributed by atoms with Crippen molar-refractivity contribution in [3.8, 4) is 5.75 Å². The molecule has 0 radical (unpaired) electrons. The zero-order chi connectivity index (χ0) is 26.3. The SMILES string of the molecule is C=CC[C@@]1(C(=O)NCc2ccc(F)cc2)N=C(c2ccc(OCCCO)cc2)O[C@@H]1c1ccc(Br)cc1. The molecule has 6 nitrogen and oxygen atoms in total. The van der Waals surface area contributed by atoms with Crippen molar-refractivity contribution in [3.63, 3.8) is 0 Å². The predicted molar refractivity (Wildman–Crippen MR) is 144 cm³/mol. The highest BCUT2D eigenvalue weighted by Crippen LogP contribution is 2.43. The highest BCUT2D eigenvalue weighted by molar-refractivity contribution is 9.10. The van der Waals surface area contributed by atoms with Crippen LogP contribution < -0.4 is 10.1 Å². The number of ether oxygens (including phenoxy) is 2. The van der Waals surface area contributed by atoms with Crippen LogP contribution in [-0.2, 0) is 16.1 Å². The highest BCUT2D eigenvalue weighted by atomic mass is 79.9. The Labute approximate surface area is 224 Å². The summed E-state index contributed by atoms with van der Waals surface area (Å²) >= 11 is 3.46. The van der Waals surface area contributed by atoms with E-state index >= 15 is 0 Å². The Balaban J connectivity index is 1.65. The molecule has 4 rings (SSSR count). The molecule has 1 heterocycles. The van der Waals surface area contributed by atoms with Gasteiger partial charge in [-0.25, -0.2) is 9.38 Å². The second kappa shape index (κ2) is 12.2. The Kier molecular flexibility index (Phi) is 8.74. The van der Waals surface area contributed by atoms with Gasteiger partial charge in [0.05, 0.1) is 6.61 Å². The van der Waals surface area contributed by atoms with Crippen molar-refractivity contribution in [2.24, 2.45) is 4.99 Å². The van der Waals surface area contributed by atoms with Crippen molar-refractivity contribution in [1.29, 1.82) is 0 Å². The number of halogens is 2. The summed E-state index contributed by atoms with van der Waals surface area (Å²) in [5, 5.41) is 11.9. The van der Waals surface area contributed by atoms with Crippen LogP contribution in [0.25, 0.3) is 0 Å². The molecule has 0 aliphatic carbocycles. The maximum absolute atomic E-state index is 13.8. The standard InChI is InChI=1S/C29H28BrFN2O4/c1-2-16-29(28(35)32-19-20-4-12-24(31)13-5-20)26(21-6-10-23(30)11-7-21)37-27(33-29)22-8-14-25(15-9-22)36-18-3-17-34/h2,4-15,26,34H,1,3,16-19H2,(H,32,35)/t26-,29-/m1/s1. The van der Waals surface area contributed by atoms with E-state index in [4.69, 9.17) is 19.6 Å². The number of aliphatic hydroxyl groups is 1. The fourth-order valence-electron chi connectivity index (χ4n) is 4.11. The van der Waals surface area contributed by atoms with E-state index in [2.05, 4.69) is 27.8 Å². The van der Waals surface area contributed by atoms with Crippen molar-refractivity contribution in [3.05, 3.63) is 112 Å². The zero-order valence-electron chi connectivity index (χ0n) is 20.2. The lowest BCUT2D eigenvalue weighted by atomic mass is 9.84. The van der Waals surface area contributed by atoms with Crippen LogP contribution in [0.2, 0.25) is 0 Å². The number of nitrogens with zero attached hydrogens (tertiary/aromatic N) is 1. The summed E-state index contributed by atoms with van der Waals surface area (Å²) in [6.45, 7) is 4.57. The minimum absolute atomic E-state index is 0.0643. The summed E-state index contributed by atoms with van der Waals surface area (Å²) in [6.07, 6.45) is 1.76. The van der Waals surface area contributed by atoms with E-state index < -0.39 is 11.6 Å². The van der Waals surface area contributed by atoms with Gasteiger partial charge in [0.15, 0.2) is 11.6 Å². The average molecular weight is 567 g/mol. The van der Waals surface area contributed by atoms with Crippen molar-refractivity contribution in [1.82, 2.24) is 5.32 Å². The van der Waals surface area contributed by atoms with Crippen LogP contribution in [0.1, 0.15) is 35.6 Å². The number of benzene rings is 3. The molecule has 2 atom stereocenters. The van der Waals surface area contributed by atoms with Gasteiger partial charge in [0.2, 0.25) is 5.90 Å². The maximum Gasteiger partial charge on any atom is 0.252 e. The molecule has 0 saturated carbocycles. The van der Waals surface area contributed by atoms with Crippen molar-refractivity contribution < 1.29 is 23.8 Å². The molecule has 1 aliphatic rings. The summed E-state index contributed by atoms with van der Waals surface area (Å²) in [5.74, 6) is 0.351. The molecule has 8 heteroatoms. The van der Waals surface area contributed by atoms with Gasteiger partial charge in [-0.2, -0.15) is 0 Å². The summed E-state index contributed by atoms with van der Waals surface area (Å²) in [7, 11) is 0. The lowest BCUT2D eigenvalue weighted by Gasteiger charge is -2.29. The zero-order valence-corrected chi connectivity index (χ0v) is 21.8. The van der Waals surface area contributed by atoms with Crippen molar-refractivity contribution in [2.75, 3.05) is 13.2 Å². The van der Waals surface area contributed by atoms with Crippen LogP contribution in [0, 0.1) is 5.82 Å². The first kappa shape index (κ1) is 26.6. The lowest BCUT2D eigenvalue weighted by molar-refractivity contribution is -0.129. The Morgan fingerprint density at radius 3 is 2.49 bits per heavy atom. The molecule has 3 aromatic rings. The molecule has 0 spiro atoms. The minimum Gasteiger partial charge on any atom is -0.494 e. The fraction of sp³-hybridized carbons (Fsp3) is 0.241. The van der Waals surface area contributed by atoms with Crippen LogP contribution in [0.3, 0.4) is 0 Å². The minimum atomic E-state index is -1.29. The summed E-state index contributed by atoms with van der Waals surface area (Å²) < 4.78 is 26.2. The van der Waals surface area contributed by atoms with Gasteiger partial charge in [-0.3, -0.25) is 4.79 Å². The van der Waals surface area contributed by atoms with Crippen LogP contribution in [0.5, 0.6) is 5.75 Å². The number of rotatable bonds is 11. The topological polar surface area (TPSA) is 80.2 Å². The number of amides is 1. The molecule has 2 N–H and O–H groups in total. The van der Waals surface area contributed by atoms with Gasteiger partial charge in [-0.15, -0.1) is 6.58 Å². The van der Waals surface area contributed by atoms with E-state index in [0.29, 0.717) is 30.2 Å². The molecule has 0 bridgehead atoms. The molecule has 0 unspecified atom stereocenters. The molecule has 3 aromatic carbocycles. The first-order valence-corrected chi connectivity index (χ1v) is 12.7. The fourth-order valence-corrected chi connectivity index (χ4v) is 4.37. The molecule has 0 saturated heterocycles. The number of aliphatic imine (C=N–C) groups is 1. The molecule has 1 aliphatic heterocycles. The monoisotopic (exact) mass is 566 g/mol. The Morgan fingerprint density at radius 1 is 1.14 bits per heavy atom. The molecule has 192 valence electrons. The molecule has 0 aromatic heterocycles. The third-order valence-corrected chi connectivity index (χ3v) is 6.55. The number of nitrogens with one attached hydrogen (secondary N) is 1. The van der Waals surface area contributed by atoms with E-state index in [9.17, 15) is 9.18 Å². The second-order valence-electron chi connectivity index (χ2n) is 8.64. The molecule has 37 heavy (non-hydrogen) atoms. The number of carbonyl (C=O) groups excluding carboxylic acids is 1. The number of hydrogen-bond acceptors (Lipinski definition) is 5. The van der Waals surface area contributed by atoms with Crippen LogP contribution >= 0.6 is 15.9 Å². The van der Waals surface area contributed by atoms with Crippen molar-refractivity contribution in [2.45, 2.75) is 31.0 Å². The van der Waals surface area contributed by atoms with E-state index in [-0.39, 0.29) is 31.3 Å². The number of hydrogen-bond donors (Lipinski definition) is 2. The van der Waals surface area contributed by atoms with Gasteiger partial charge in [-0.05, 0) is 59.7 Å². The highest BCUT2D eigenvalue weighted by Gasteiger charge is 2.52. The molecule has 0 fully saturated rings. The molecule has 1 amide bonds. The van der Waals surface area contributed by atoms with Crippen LogP contribution in [0.4, 0.5) is 4.39 Å². The first-order valence-electron chi connectivity index (χ1n) is 11.9. The van der Waals surface area contributed by atoms with Gasteiger partial charge in [-0.1, -0.05) is 46.3 Å². The molecular formula is C29H28BrFN2O4. The van der Waals surface area contributed by atoms with Crippen molar-refractivity contribution >= 4 is 27.7 Å². The Bertz CT molecular complexity index is 1250.